The fourth-order valence-corrected chi connectivity index (χ4v) is 2.67. The van der Waals surface area contributed by atoms with Gasteiger partial charge in [-0.3, -0.25) is 0 Å². The molecular weight excluding hydrogens is 250 g/mol. The highest BCUT2D eigenvalue weighted by Gasteiger charge is 2.24. The van der Waals surface area contributed by atoms with E-state index in [2.05, 4.69) is 0 Å². The van der Waals surface area contributed by atoms with Crippen LogP contribution in [-0.2, 0) is 11.3 Å². The van der Waals surface area contributed by atoms with E-state index in [-0.39, 0.29) is 6.10 Å². The Balaban J connectivity index is 2.09. The average Bonchev–Trinajstić information content (AvgIpc) is 2.41. The number of nitrogens with two attached hydrogens (primary N) is 1. The first-order valence-electron chi connectivity index (χ1n) is 6.41. The van der Waals surface area contributed by atoms with Crippen LogP contribution in [0, 0.1) is 0 Å². The molecule has 0 aliphatic heterocycles. The van der Waals surface area contributed by atoms with E-state index >= 15 is 0 Å². The van der Waals surface area contributed by atoms with Crippen molar-refractivity contribution in [3.05, 3.63) is 28.8 Å². The number of methoxy groups -OCH3 is 1. The lowest BCUT2D eigenvalue weighted by Crippen LogP contribution is -2.29. The van der Waals surface area contributed by atoms with Gasteiger partial charge in [-0.05, 0) is 25.3 Å². The smallest absolute Gasteiger partial charge is 0.142 e. The van der Waals surface area contributed by atoms with Crippen molar-refractivity contribution in [1.82, 2.24) is 0 Å². The van der Waals surface area contributed by atoms with Crippen molar-refractivity contribution in [2.24, 2.45) is 5.73 Å². The summed E-state index contributed by atoms with van der Waals surface area (Å²) in [5.41, 5.74) is 6.67. The Labute approximate surface area is 113 Å². The van der Waals surface area contributed by atoms with Gasteiger partial charge in [0.1, 0.15) is 11.9 Å². The van der Waals surface area contributed by atoms with Crippen LogP contribution >= 0.6 is 11.6 Å². The minimum atomic E-state index is 0.175. The second-order valence-electron chi connectivity index (χ2n) is 4.70. The third-order valence-electron chi connectivity index (χ3n) is 3.46. The van der Waals surface area contributed by atoms with E-state index in [4.69, 9.17) is 26.8 Å². The van der Waals surface area contributed by atoms with Crippen LogP contribution in [-0.4, -0.2) is 19.3 Å². The van der Waals surface area contributed by atoms with E-state index in [1.807, 2.05) is 18.2 Å². The Kier molecular flexibility index (Phi) is 4.87. The molecule has 2 rings (SSSR count). The topological polar surface area (TPSA) is 44.5 Å². The number of hydrogen-bond acceptors (Lipinski definition) is 3. The van der Waals surface area contributed by atoms with Gasteiger partial charge in [-0.15, -0.1) is 0 Å². The molecule has 3 nitrogen and oxygen atoms in total. The lowest BCUT2D eigenvalue weighted by atomic mass is 9.95. The first-order chi connectivity index (χ1) is 8.74. The average molecular weight is 270 g/mol. The van der Waals surface area contributed by atoms with Crippen LogP contribution in [0.5, 0.6) is 5.75 Å². The summed E-state index contributed by atoms with van der Waals surface area (Å²) >= 11 is 6.19. The van der Waals surface area contributed by atoms with Gasteiger partial charge in [0.25, 0.3) is 0 Å². The molecule has 2 N–H and O–H groups in total. The lowest BCUT2D eigenvalue weighted by molar-refractivity contribution is 0.0207. The van der Waals surface area contributed by atoms with E-state index in [1.165, 1.54) is 0 Å². The molecule has 0 radical (unpaired) electrons. The normalized spacial score (nSPS) is 23.9. The van der Waals surface area contributed by atoms with E-state index in [9.17, 15) is 0 Å². The molecule has 1 saturated carbocycles. The van der Waals surface area contributed by atoms with Crippen molar-refractivity contribution in [3.8, 4) is 5.75 Å². The molecule has 18 heavy (non-hydrogen) atoms. The molecular formula is C14H20ClNO2. The zero-order valence-corrected chi connectivity index (χ0v) is 11.5. The molecule has 1 aromatic rings. The van der Waals surface area contributed by atoms with Crippen molar-refractivity contribution in [2.45, 2.75) is 44.4 Å². The zero-order valence-electron chi connectivity index (χ0n) is 10.7. The first-order valence-corrected chi connectivity index (χ1v) is 6.79. The lowest BCUT2D eigenvalue weighted by Gasteiger charge is -2.29. The van der Waals surface area contributed by atoms with Crippen molar-refractivity contribution >= 4 is 11.6 Å². The van der Waals surface area contributed by atoms with Gasteiger partial charge in [0.2, 0.25) is 0 Å². The van der Waals surface area contributed by atoms with Gasteiger partial charge in [-0.1, -0.05) is 23.7 Å². The van der Waals surface area contributed by atoms with E-state index in [1.54, 1.807) is 7.11 Å². The molecule has 0 spiro atoms. The summed E-state index contributed by atoms with van der Waals surface area (Å²) in [7, 11) is 1.76. The molecule has 0 bridgehead atoms. The maximum absolute atomic E-state index is 6.19. The van der Waals surface area contributed by atoms with Crippen LogP contribution < -0.4 is 10.5 Å². The Hall–Kier alpha value is -0.770. The molecule has 2 atom stereocenters. The predicted molar refractivity (Wildman–Crippen MR) is 73.0 cm³/mol. The van der Waals surface area contributed by atoms with Crippen LogP contribution in [0.2, 0.25) is 5.02 Å². The number of benzene rings is 1. The molecule has 100 valence electrons. The monoisotopic (exact) mass is 269 g/mol. The summed E-state index contributed by atoms with van der Waals surface area (Å²) in [6.07, 6.45) is 4.69. The summed E-state index contributed by atoms with van der Waals surface area (Å²) in [4.78, 5) is 0. The van der Waals surface area contributed by atoms with Gasteiger partial charge in [0, 0.05) is 25.6 Å². The van der Waals surface area contributed by atoms with Gasteiger partial charge in [0.15, 0.2) is 0 Å². The van der Waals surface area contributed by atoms with Crippen LogP contribution in [0.4, 0.5) is 0 Å². The third kappa shape index (κ3) is 3.16. The minimum Gasteiger partial charge on any atom is -0.488 e. The van der Waals surface area contributed by atoms with Gasteiger partial charge >= 0.3 is 0 Å². The highest BCUT2D eigenvalue weighted by molar-refractivity contribution is 6.32. The third-order valence-corrected chi connectivity index (χ3v) is 3.76. The Morgan fingerprint density at radius 1 is 1.33 bits per heavy atom. The van der Waals surface area contributed by atoms with E-state index in [0.29, 0.717) is 17.7 Å². The number of para-hydroxylation sites is 1. The maximum atomic E-state index is 6.19. The standard InChI is InChI=1S/C14H20ClNO2/c1-17-11-5-3-6-12(8-11)18-14-10(9-16)4-2-7-13(14)15/h2,4,7,11-12H,3,5-6,8-9,16H2,1H3. The predicted octanol–water partition coefficient (Wildman–Crippen LogP) is 3.14. The van der Waals surface area contributed by atoms with E-state index in [0.717, 1.165) is 37.0 Å². The largest absolute Gasteiger partial charge is 0.488 e. The summed E-state index contributed by atoms with van der Waals surface area (Å²) in [5, 5.41) is 0.637. The molecule has 0 amide bonds. The van der Waals surface area contributed by atoms with Gasteiger partial charge < -0.3 is 15.2 Å². The van der Waals surface area contributed by atoms with Crippen molar-refractivity contribution in [3.63, 3.8) is 0 Å². The Morgan fingerprint density at radius 3 is 2.83 bits per heavy atom. The highest BCUT2D eigenvalue weighted by atomic mass is 35.5. The van der Waals surface area contributed by atoms with Crippen LogP contribution in [0.25, 0.3) is 0 Å². The summed E-state index contributed by atoms with van der Waals surface area (Å²) in [5.74, 6) is 0.739. The Morgan fingerprint density at radius 2 is 2.11 bits per heavy atom. The van der Waals surface area contributed by atoms with E-state index < -0.39 is 0 Å². The molecule has 0 saturated heterocycles. The molecule has 0 heterocycles. The van der Waals surface area contributed by atoms with Crippen LogP contribution in [0.3, 0.4) is 0 Å². The first kappa shape index (κ1) is 13.7. The molecule has 0 aromatic heterocycles. The summed E-state index contributed by atoms with van der Waals surface area (Å²) in [6, 6.07) is 5.70. The quantitative estimate of drug-likeness (QED) is 0.913. The Bertz CT molecular complexity index is 397. The summed E-state index contributed by atoms with van der Waals surface area (Å²) < 4.78 is 11.5. The molecule has 1 fully saturated rings. The molecule has 1 aromatic carbocycles. The molecule has 4 heteroatoms. The second-order valence-corrected chi connectivity index (χ2v) is 5.10. The van der Waals surface area contributed by atoms with Gasteiger partial charge in [-0.25, -0.2) is 0 Å². The minimum absolute atomic E-state index is 0.175. The number of halogens is 1. The SMILES string of the molecule is COC1CCCC(Oc2c(Cl)cccc2CN)C1. The fourth-order valence-electron chi connectivity index (χ4n) is 2.44. The van der Waals surface area contributed by atoms with Gasteiger partial charge in [0.05, 0.1) is 11.1 Å². The highest BCUT2D eigenvalue weighted by Crippen LogP contribution is 2.32. The molecule has 2 unspecified atom stereocenters. The number of hydrogen-bond donors (Lipinski definition) is 1. The second kappa shape index (κ2) is 6.41. The number of rotatable bonds is 4. The van der Waals surface area contributed by atoms with Crippen LogP contribution in [0.15, 0.2) is 18.2 Å². The van der Waals surface area contributed by atoms with Crippen molar-refractivity contribution in [1.29, 1.82) is 0 Å². The van der Waals surface area contributed by atoms with Crippen molar-refractivity contribution in [2.75, 3.05) is 7.11 Å². The fraction of sp³-hybridized carbons (Fsp3) is 0.571. The van der Waals surface area contributed by atoms with Crippen LogP contribution in [0.1, 0.15) is 31.2 Å². The zero-order chi connectivity index (χ0) is 13.0. The number of ether oxygens (including phenoxy) is 2. The molecule has 1 aliphatic carbocycles. The molecule has 1 aliphatic rings. The van der Waals surface area contributed by atoms with Crippen molar-refractivity contribution < 1.29 is 9.47 Å². The summed E-state index contributed by atoms with van der Waals surface area (Å²) in [6.45, 7) is 0.441. The van der Waals surface area contributed by atoms with Gasteiger partial charge in [-0.2, -0.15) is 0 Å². The maximum Gasteiger partial charge on any atom is 0.142 e.